The van der Waals surface area contributed by atoms with Crippen LogP contribution in [0.15, 0.2) is 61.1 Å². The molecule has 0 aliphatic carbocycles. The number of carbonyl (C=O) groups excluding carboxylic acids is 1. The summed E-state index contributed by atoms with van der Waals surface area (Å²) in [7, 11) is 0. The van der Waals surface area contributed by atoms with Gasteiger partial charge in [-0.05, 0) is 42.5 Å². The predicted octanol–water partition coefficient (Wildman–Crippen LogP) is 3.63. The number of aromatic nitrogens is 2. The van der Waals surface area contributed by atoms with Crippen molar-refractivity contribution in [1.82, 2.24) is 9.97 Å². The fourth-order valence-electron chi connectivity index (χ4n) is 2.07. The summed E-state index contributed by atoms with van der Waals surface area (Å²) in [4.78, 5) is 20.6. The molecule has 0 unspecified atom stereocenters. The van der Waals surface area contributed by atoms with Crippen molar-refractivity contribution in [2.75, 3.05) is 11.1 Å². The van der Waals surface area contributed by atoms with Crippen LogP contribution in [0.3, 0.4) is 0 Å². The third-order valence-electron chi connectivity index (χ3n) is 3.21. The summed E-state index contributed by atoms with van der Waals surface area (Å²) in [6.45, 7) is 0. The molecule has 6 heteroatoms. The molecule has 0 saturated heterocycles. The second kappa shape index (κ2) is 6.46. The van der Waals surface area contributed by atoms with E-state index < -0.39 is 0 Å². The van der Waals surface area contributed by atoms with Crippen molar-refractivity contribution in [3.8, 4) is 11.3 Å². The Labute approximate surface area is 138 Å². The van der Waals surface area contributed by atoms with Crippen LogP contribution >= 0.6 is 11.6 Å². The molecule has 23 heavy (non-hydrogen) atoms. The number of pyridine rings is 2. The Bertz CT molecular complexity index is 835. The lowest BCUT2D eigenvalue weighted by molar-refractivity contribution is 0.102. The number of nitrogen functional groups attached to an aromatic ring is 1. The lowest BCUT2D eigenvalue weighted by Gasteiger charge is -2.08. The van der Waals surface area contributed by atoms with Crippen molar-refractivity contribution in [3.63, 3.8) is 0 Å². The van der Waals surface area contributed by atoms with Crippen LogP contribution in [-0.4, -0.2) is 15.9 Å². The summed E-state index contributed by atoms with van der Waals surface area (Å²) in [5.74, 6) is -0.335. The molecule has 3 aromatic rings. The van der Waals surface area contributed by atoms with Crippen LogP contribution in [-0.2, 0) is 0 Å². The third-order valence-corrected chi connectivity index (χ3v) is 3.54. The van der Waals surface area contributed by atoms with Gasteiger partial charge in [-0.15, -0.1) is 0 Å². The highest BCUT2D eigenvalue weighted by Crippen LogP contribution is 2.21. The van der Waals surface area contributed by atoms with Gasteiger partial charge in [0.05, 0.1) is 28.2 Å². The molecule has 1 aromatic carbocycles. The number of rotatable bonds is 3. The first-order chi connectivity index (χ1) is 11.1. The summed E-state index contributed by atoms with van der Waals surface area (Å²) in [5, 5.41) is 3.09. The Kier molecular flexibility index (Phi) is 4.21. The molecule has 0 atom stereocenters. The maximum absolute atomic E-state index is 12.3. The van der Waals surface area contributed by atoms with Crippen molar-refractivity contribution in [3.05, 3.63) is 71.6 Å². The van der Waals surface area contributed by atoms with Gasteiger partial charge >= 0.3 is 0 Å². The van der Waals surface area contributed by atoms with Gasteiger partial charge in [-0.25, -0.2) is 0 Å². The molecule has 114 valence electrons. The monoisotopic (exact) mass is 324 g/mol. The largest absolute Gasteiger partial charge is 0.399 e. The minimum absolute atomic E-state index is 0.322. The van der Waals surface area contributed by atoms with Gasteiger partial charge in [0.2, 0.25) is 0 Å². The van der Waals surface area contributed by atoms with E-state index in [9.17, 15) is 4.79 Å². The van der Waals surface area contributed by atoms with Gasteiger partial charge in [0.15, 0.2) is 0 Å². The molecule has 5 nitrogen and oxygen atoms in total. The normalized spacial score (nSPS) is 10.3. The molecule has 2 heterocycles. The molecular weight excluding hydrogens is 312 g/mol. The zero-order valence-corrected chi connectivity index (χ0v) is 12.8. The molecular formula is C17H13ClN4O. The number of nitrogens with one attached hydrogen (secondary N) is 1. The standard InChI is InChI=1S/C17H13ClN4O/c18-15-5-3-12(19)8-14(15)17(23)22-13-4-6-16(21-10-13)11-2-1-7-20-9-11/h1-10H,19H2,(H,22,23). The molecule has 0 saturated carbocycles. The molecule has 0 fully saturated rings. The van der Waals surface area contributed by atoms with E-state index in [4.69, 9.17) is 17.3 Å². The van der Waals surface area contributed by atoms with Gasteiger partial charge in [0.1, 0.15) is 0 Å². The number of halogens is 1. The summed E-state index contributed by atoms with van der Waals surface area (Å²) in [5.41, 5.74) is 8.74. The SMILES string of the molecule is Nc1ccc(Cl)c(C(=O)Nc2ccc(-c3cccnc3)nc2)c1. The average molecular weight is 325 g/mol. The highest BCUT2D eigenvalue weighted by molar-refractivity contribution is 6.34. The second-order valence-electron chi connectivity index (χ2n) is 4.87. The minimum Gasteiger partial charge on any atom is -0.399 e. The van der Waals surface area contributed by atoms with Crippen LogP contribution in [0.25, 0.3) is 11.3 Å². The zero-order valence-electron chi connectivity index (χ0n) is 12.0. The number of amides is 1. The van der Waals surface area contributed by atoms with E-state index in [1.165, 1.54) is 6.07 Å². The van der Waals surface area contributed by atoms with Crippen LogP contribution in [0.4, 0.5) is 11.4 Å². The van der Waals surface area contributed by atoms with Gasteiger partial charge in [-0.3, -0.25) is 14.8 Å². The van der Waals surface area contributed by atoms with E-state index in [2.05, 4.69) is 15.3 Å². The maximum atomic E-state index is 12.3. The Balaban J connectivity index is 1.78. The van der Waals surface area contributed by atoms with Crippen molar-refractivity contribution in [1.29, 1.82) is 0 Å². The Morgan fingerprint density at radius 1 is 1.13 bits per heavy atom. The second-order valence-corrected chi connectivity index (χ2v) is 5.27. The summed E-state index contributed by atoms with van der Waals surface area (Å²) < 4.78 is 0. The van der Waals surface area contributed by atoms with E-state index in [1.807, 2.05) is 18.2 Å². The molecule has 3 N–H and O–H groups in total. The van der Waals surface area contributed by atoms with Gasteiger partial charge in [-0.2, -0.15) is 0 Å². The Morgan fingerprint density at radius 2 is 2.00 bits per heavy atom. The molecule has 0 radical (unpaired) electrons. The number of hydrogen-bond donors (Lipinski definition) is 2. The first kappa shape index (κ1) is 15.0. The Hall–Kier alpha value is -2.92. The van der Waals surface area contributed by atoms with Gasteiger partial charge in [-0.1, -0.05) is 11.6 Å². The number of anilines is 2. The minimum atomic E-state index is -0.335. The quantitative estimate of drug-likeness (QED) is 0.721. The van der Waals surface area contributed by atoms with Gasteiger partial charge < -0.3 is 11.1 Å². The number of hydrogen-bond acceptors (Lipinski definition) is 4. The number of nitrogens with two attached hydrogens (primary N) is 1. The Morgan fingerprint density at radius 3 is 2.70 bits per heavy atom. The number of carbonyl (C=O) groups is 1. The summed E-state index contributed by atoms with van der Waals surface area (Å²) >= 11 is 6.02. The molecule has 0 bridgehead atoms. The highest BCUT2D eigenvalue weighted by Gasteiger charge is 2.11. The van der Waals surface area contributed by atoms with E-state index in [-0.39, 0.29) is 5.91 Å². The van der Waals surface area contributed by atoms with Crippen molar-refractivity contribution >= 4 is 28.9 Å². The topological polar surface area (TPSA) is 80.9 Å². The van der Waals surface area contributed by atoms with Crippen LogP contribution < -0.4 is 11.1 Å². The lowest BCUT2D eigenvalue weighted by atomic mass is 10.1. The summed E-state index contributed by atoms with van der Waals surface area (Å²) in [6, 6.07) is 12.1. The van der Waals surface area contributed by atoms with Crippen molar-refractivity contribution in [2.45, 2.75) is 0 Å². The molecule has 0 aliphatic heterocycles. The fourth-order valence-corrected chi connectivity index (χ4v) is 2.27. The van der Waals surface area contributed by atoms with E-state index in [0.29, 0.717) is 22.0 Å². The number of benzene rings is 1. The molecule has 0 spiro atoms. The molecule has 0 aliphatic rings. The van der Waals surface area contributed by atoms with E-state index >= 15 is 0 Å². The number of nitrogens with zero attached hydrogens (tertiary/aromatic N) is 2. The van der Waals surface area contributed by atoms with E-state index in [0.717, 1.165) is 11.3 Å². The summed E-state index contributed by atoms with van der Waals surface area (Å²) in [6.07, 6.45) is 5.01. The van der Waals surface area contributed by atoms with Crippen molar-refractivity contribution < 1.29 is 4.79 Å². The molecule has 3 rings (SSSR count). The van der Waals surface area contributed by atoms with Gasteiger partial charge in [0, 0.05) is 23.6 Å². The highest BCUT2D eigenvalue weighted by atomic mass is 35.5. The lowest BCUT2D eigenvalue weighted by Crippen LogP contribution is -2.13. The van der Waals surface area contributed by atoms with E-state index in [1.54, 1.807) is 36.8 Å². The third kappa shape index (κ3) is 3.46. The van der Waals surface area contributed by atoms with Crippen LogP contribution in [0.2, 0.25) is 5.02 Å². The molecule has 2 aromatic heterocycles. The van der Waals surface area contributed by atoms with Crippen LogP contribution in [0, 0.1) is 0 Å². The van der Waals surface area contributed by atoms with Crippen LogP contribution in [0.1, 0.15) is 10.4 Å². The zero-order chi connectivity index (χ0) is 16.2. The van der Waals surface area contributed by atoms with Gasteiger partial charge in [0.25, 0.3) is 5.91 Å². The first-order valence-electron chi connectivity index (χ1n) is 6.86. The maximum Gasteiger partial charge on any atom is 0.257 e. The van der Waals surface area contributed by atoms with Crippen molar-refractivity contribution in [2.24, 2.45) is 0 Å². The first-order valence-corrected chi connectivity index (χ1v) is 7.24. The average Bonchev–Trinajstić information content (AvgIpc) is 2.58. The fraction of sp³-hybridized carbons (Fsp3) is 0. The smallest absolute Gasteiger partial charge is 0.257 e. The predicted molar refractivity (Wildman–Crippen MR) is 91.3 cm³/mol. The van der Waals surface area contributed by atoms with Crippen LogP contribution in [0.5, 0.6) is 0 Å². The molecule has 1 amide bonds.